The molecule has 5 aliphatic rings. The highest BCUT2D eigenvalue weighted by Gasteiger charge is 2.57. The van der Waals surface area contributed by atoms with Crippen LogP contribution in [0, 0.1) is 11.8 Å². The molecule has 0 radical (unpaired) electrons. The van der Waals surface area contributed by atoms with Crippen LogP contribution in [-0.2, 0) is 4.79 Å². The predicted molar refractivity (Wildman–Crippen MR) is 138 cm³/mol. The lowest BCUT2D eigenvalue weighted by molar-refractivity contribution is -0.145. The fourth-order valence-electron chi connectivity index (χ4n) is 7.37. The van der Waals surface area contributed by atoms with Crippen LogP contribution in [0.15, 0.2) is 11.9 Å². The average molecular weight is 526 g/mol. The molecule has 0 aromatic heterocycles. The second-order valence-corrected chi connectivity index (χ2v) is 11.9. The first-order valence-electron chi connectivity index (χ1n) is 14.2. The van der Waals surface area contributed by atoms with Gasteiger partial charge in [-0.3, -0.25) is 19.5 Å². The molecule has 9 nitrogen and oxygen atoms in total. The standard InChI is InChI=1S/C26H45F2N7O2/c1-2-6-26-7-5-17(27)15-35(26)20(12-26)21(23(29)30)24(36)32-19-14-31-13-18(28)22(19)33-8-10-34(11-9-33)25(37)16-3-4-16/h5,16,18-23,25,31,37H,2-4,6-15,29-30H2,1H3,(H,32,36). The van der Waals surface area contributed by atoms with Crippen LogP contribution in [0.4, 0.5) is 8.78 Å². The highest BCUT2D eigenvalue weighted by Crippen LogP contribution is 2.49. The summed E-state index contributed by atoms with van der Waals surface area (Å²) in [7, 11) is 0. The number of carbonyl (C=O) groups excluding carboxylic acids is 1. The number of carbonyl (C=O) groups is 1. The Labute approximate surface area is 218 Å². The lowest BCUT2D eigenvalue weighted by Crippen LogP contribution is -2.74. The van der Waals surface area contributed by atoms with Gasteiger partial charge in [-0.15, -0.1) is 0 Å². The van der Waals surface area contributed by atoms with Gasteiger partial charge in [0, 0.05) is 50.8 Å². The molecule has 7 N–H and O–H groups in total. The highest BCUT2D eigenvalue weighted by molar-refractivity contribution is 5.81. The molecule has 4 fully saturated rings. The van der Waals surface area contributed by atoms with Gasteiger partial charge in [-0.2, -0.15) is 0 Å². The SMILES string of the molecule is CCCC12CC=C(F)CN1C(C(C(=O)NC1CNCC(F)C1N1CCN(C(O)C3CC3)CC1)C(N)N)C2. The number of piperidine rings is 1. The fourth-order valence-corrected chi connectivity index (χ4v) is 7.37. The third kappa shape index (κ3) is 5.46. The Morgan fingerprint density at radius 3 is 2.65 bits per heavy atom. The van der Waals surface area contributed by atoms with E-state index in [1.54, 1.807) is 6.08 Å². The Balaban J connectivity index is 1.25. The van der Waals surface area contributed by atoms with Gasteiger partial charge >= 0.3 is 0 Å². The number of nitrogens with two attached hydrogens (primary N) is 2. The van der Waals surface area contributed by atoms with Crippen molar-refractivity contribution in [3.63, 3.8) is 0 Å². The Morgan fingerprint density at radius 1 is 1.27 bits per heavy atom. The van der Waals surface area contributed by atoms with E-state index in [0.29, 0.717) is 45.1 Å². The first-order chi connectivity index (χ1) is 17.7. The number of rotatable bonds is 9. The summed E-state index contributed by atoms with van der Waals surface area (Å²) in [4.78, 5) is 19.9. The molecule has 1 aliphatic carbocycles. The molecule has 7 unspecified atom stereocenters. The van der Waals surface area contributed by atoms with Crippen molar-refractivity contribution in [2.75, 3.05) is 45.8 Å². The van der Waals surface area contributed by atoms with Crippen molar-refractivity contribution in [2.45, 2.75) is 87.7 Å². The molecule has 11 heteroatoms. The normalized spacial score (nSPS) is 37.4. The maximum absolute atomic E-state index is 15.3. The van der Waals surface area contributed by atoms with Crippen LogP contribution in [0.25, 0.3) is 0 Å². The predicted octanol–water partition coefficient (Wildman–Crippen LogP) is -0.143. The monoisotopic (exact) mass is 525 g/mol. The van der Waals surface area contributed by atoms with E-state index in [9.17, 15) is 14.3 Å². The minimum Gasteiger partial charge on any atom is -0.378 e. The maximum Gasteiger partial charge on any atom is 0.227 e. The zero-order valence-corrected chi connectivity index (χ0v) is 22.0. The van der Waals surface area contributed by atoms with E-state index in [1.807, 2.05) is 0 Å². The lowest BCUT2D eigenvalue weighted by atomic mass is 9.67. The number of halogens is 2. The van der Waals surface area contributed by atoms with Crippen LogP contribution in [0.5, 0.6) is 0 Å². The van der Waals surface area contributed by atoms with E-state index in [-0.39, 0.29) is 36.4 Å². The van der Waals surface area contributed by atoms with E-state index >= 15 is 4.39 Å². The van der Waals surface area contributed by atoms with Gasteiger partial charge in [-0.1, -0.05) is 13.3 Å². The smallest absolute Gasteiger partial charge is 0.227 e. The summed E-state index contributed by atoms with van der Waals surface area (Å²) in [5.41, 5.74) is 12.2. The van der Waals surface area contributed by atoms with E-state index in [4.69, 9.17) is 11.5 Å². The third-order valence-corrected chi connectivity index (χ3v) is 9.47. The van der Waals surface area contributed by atoms with Gasteiger partial charge in [0.15, 0.2) is 0 Å². The number of aliphatic hydroxyl groups is 1. The Hall–Kier alpha value is -1.21. The molecular formula is C26H45F2N7O2. The second kappa shape index (κ2) is 11.1. The Bertz CT molecular complexity index is 851. The van der Waals surface area contributed by atoms with Gasteiger partial charge in [0.25, 0.3) is 0 Å². The van der Waals surface area contributed by atoms with Crippen molar-refractivity contribution in [3.05, 3.63) is 11.9 Å². The molecule has 4 aliphatic heterocycles. The number of nitrogens with zero attached hydrogens (tertiary/aromatic N) is 3. The lowest BCUT2D eigenvalue weighted by Gasteiger charge is -2.62. The molecule has 210 valence electrons. The van der Waals surface area contributed by atoms with Gasteiger partial charge in [-0.05, 0) is 44.1 Å². The number of hydrogen-bond donors (Lipinski definition) is 5. The topological polar surface area (TPSA) is 123 Å². The van der Waals surface area contributed by atoms with Crippen molar-refractivity contribution in [3.8, 4) is 0 Å². The average Bonchev–Trinajstić information content (AvgIpc) is 3.70. The van der Waals surface area contributed by atoms with Crippen molar-refractivity contribution < 1.29 is 18.7 Å². The van der Waals surface area contributed by atoms with Gasteiger partial charge in [0.2, 0.25) is 5.91 Å². The van der Waals surface area contributed by atoms with Gasteiger partial charge in [-0.25, -0.2) is 8.78 Å². The molecule has 37 heavy (non-hydrogen) atoms. The molecule has 7 atom stereocenters. The molecule has 4 heterocycles. The summed E-state index contributed by atoms with van der Waals surface area (Å²) < 4.78 is 29.6. The van der Waals surface area contributed by atoms with Crippen molar-refractivity contribution in [1.82, 2.24) is 25.3 Å². The maximum atomic E-state index is 15.3. The number of nitrogens with one attached hydrogen (secondary N) is 2. The number of amides is 1. The first-order valence-corrected chi connectivity index (χ1v) is 14.2. The van der Waals surface area contributed by atoms with E-state index in [1.165, 1.54) is 0 Å². The van der Waals surface area contributed by atoms with Crippen LogP contribution in [-0.4, -0.2) is 114 Å². The van der Waals surface area contributed by atoms with Crippen LogP contribution in [0.2, 0.25) is 0 Å². The highest BCUT2D eigenvalue weighted by atomic mass is 19.1. The number of aliphatic hydroxyl groups excluding tert-OH is 1. The van der Waals surface area contributed by atoms with Gasteiger partial charge in [0.1, 0.15) is 18.2 Å². The van der Waals surface area contributed by atoms with Crippen molar-refractivity contribution in [2.24, 2.45) is 23.3 Å². The summed E-state index contributed by atoms with van der Waals surface area (Å²) in [6.45, 7) is 5.64. The first kappa shape index (κ1) is 27.4. The van der Waals surface area contributed by atoms with Crippen LogP contribution in [0.1, 0.15) is 45.4 Å². The van der Waals surface area contributed by atoms with E-state index < -0.39 is 36.6 Å². The molecular weight excluding hydrogens is 480 g/mol. The molecule has 1 saturated carbocycles. The molecule has 0 spiro atoms. The molecule has 0 aromatic rings. The number of alkyl halides is 1. The summed E-state index contributed by atoms with van der Waals surface area (Å²) in [5.74, 6) is -0.796. The Kier molecular flexibility index (Phi) is 8.22. The van der Waals surface area contributed by atoms with Crippen molar-refractivity contribution >= 4 is 5.91 Å². The van der Waals surface area contributed by atoms with Crippen LogP contribution < -0.4 is 22.1 Å². The molecule has 5 rings (SSSR count). The molecule has 3 saturated heterocycles. The Morgan fingerprint density at radius 2 is 2.00 bits per heavy atom. The fraction of sp³-hybridized carbons (Fsp3) is 0.885. The molecule has 0 bridgehead atoms. The van der Waals surface area contributed by atoms with E-state index in [0.717, 1.165) is 32.1 Å². The van der Waals surface area contributed by atoms with Crippen molar-refractivity contribution in [1.29, 1.82) is 0 Å². The largest absolute Gasteiger partial charge is 0.378 e. The summed E-state index contributed by atoms with van der Waals surface area (Å²) in [6, 6.07) is -1.14. The number of fused-ring (bicyclic) bond motifs is 1. The zero-order valence-electron chi connectivity index (χ0n) is 22.0. The minimum absolute atomic E-state index is 0.133. The zero-order chi connectivity index (χ0) is 26.3. The summed E-state index contributed by atoms with van der Waals surface area (Å²) in [6.07, 6.45) is 4.66. The molecule has 1 amide bonds. The van der Waals surface area contributed by atoms with Crippen LogP contribution >= 0.6 is 0 Å². The summed E-state index contributed by atoms with van der Waals surface area (Å²) >= 11 is 0. The quantitative estimate of drug-likeness (QED) is 0.264. The number of piperazine rings is 1. The third-order valence-electron chi connectivity index (χ3n) is 9.47. The van der Waals surface area contributed by atoms with Gasteiger partial charge < -0.3 is 27.2 Å². The number of hydrogen-bond acceptors (Lipinski definition) is 8. The van der Waals surface area contributed by atoms with Gasteiger partial charge in [0.05, 0.1) is 30.7 Å². The summed E-state index contributed by atoms with van der Waals surface area (Å²) in [5, 5.41) is 16.7. The minimum atomic E-state index is -1.13. The van der Waals surface area contributed by atoms with Crippen LogP contribution in [0.3, 0.4) is 0 Å². The van der Waals surface area contributed by atoms with E-state index in [2.05, 4.69) is 32.3 Å². The molecule has 0 aromatic carbocycles. The second-order valence-electron chi connectivity index (χ2n) is 11.9.